The molecule has 0 aromatic carbocycles. The predicted molar refractivity (Wildman–Crippen MR) is 78.2 cm³/mol. The summed E-state index contributed by atoms with van der Waals surface area (Å²) in [6, 6.07) is 0.687. The van der Waals surface area contributed by atoms with E-state index in [0.717, 1.165) is 13.0 Å². The Kier molecular flexibility index (Phi) is 6.94. The highest BCUT2D eigenvalue weighted by atomic mass is 32.2. The number of nitrogens with zero attached hydrogens (tertiary/aromatic N) is 1. The zero-order valence-electron chi connectivity index (χ0n) is 11.5. The summed E-state index contributed by atoms with van der Waals surface area (Å²) in [6.07, 6.45) is 5.36. The van der Waals surface area contributed by atoms with Gasteiger partial charge in [-0.2, -0.15) is 24.5 Å². The van der Waals surface area contributed by atoms with Crippen LogP contribution in [0.3, 0.4) is 0 Å². The van der Waals surface area contributed by atoms with Gasteiger partial charge >= 0.3 is 0 Å². The van der Waals surface area contributed by atoms with E-state index in [2.05, 4.69) is 10.0 Å². The van der Waals surface area contributed by atoms with Crippen LogP contribution in [0.25, 0.3) is 0 Å². The van der Waals surface area contributed by atoms with E-state index in [-0.39, 0.29) is 0 Å². The average molecular weight is 295 g/mol. The van der Waals surface area contributed by atoms with Crippen molar-refractivity contribution in [3.63, 3.8) is 0 Å². The molecule has 0 radical (unpaired) electrons. The molecule has 1 unspecified atom stereocenters. The van der Waals surface area contributed by atoms with E-state index in [1.54, 1.807) is 18.8 Å². The van der Waals surface area contributed by atoms with Gasteiger partial charge in [0.25, 0.3) is 10.2 Å². The summed E-state index contributed by atoms with van der Waals surface area (Å²) >= 11 is 1.65. The van der Waals surface area contributed by atoms with Crippen molar-refractivity contribution in [1.29, 1.82) is 0 Å². The van der Waals surface area contributed by atoms with E-state index < -0.39 is 10.2 Å². The first-order chi connectivity index (χ1) is 8.45. The van der Waals surface area contributed by atoms with Crippen LogP contribution < -0.4 is 10.0 Å². The van der Waals surface area contributed by atoms with Gasteiger partial charge in [-0.3, -0.25) is 0 Å². The van der Waals surface area contributed by atoms with Gasteiger partial charge in [0.05, 0.1) is 0 Å². The lowest BCUT2D eigenvalue weighted by Gasteiger charge is -2.19. The monoisotopic (exact) mass is 295 g/mol. The van der Waals surface area contributed by atoms with Crippen molar-refractivity contribution in [2.45, 2.75) is 37.5 Å². The number of nitrogens with one attached hydrogen (secondary N) is 2. The molecule has 1 aliphatic carbocycles. The average Bonchev–Trinajstić information content (AvgIpc) is 3.15. The van der Waals surface area contributed by atoms with E-state index in [0.29, 0.717) is 24.4 Å². The molecule has 0 aromatic rings. The molecule has 0 aliphatic heterocycles. The molecule has 1 rings (SSSR count). The third-order valence-electron chi connectivity index (χ3n) is 3.03. The fourth-order valence-electron chi connectivity index (χ4n) is 1.43. The SMILES string of the molecule is CSC(C)CNS(=O)(=O)N(C)CCCNC1CC1. The number of hydrogen-bond acceptors (Lipinski definition) is 4. The molecule has 0 saturated heterocycles. The van der Waals surface area contributed by atoms with Crippen LogP contribution in [0, 0.1) is 0 Å². The van der Waals surface area contributed by atoms with Crippen LogP contribution in [0.4, 0.5) is 0 Å². The van der Waals surface area contributed by atoms with Crippen molar-refractivity contribution in [3.8, 4) is 0 Å². The fraction of sp³-hybridized carbons (Fsp3) is 1.00. The van der Waals surface area contributed by atoms with E-state index in [9.17, 15) is 8.42 Å². The Morgan fingerprint density at radius 1 is 1.44 bits per heavy atom. The minimum Gasteiger partial charge on any atom is -0.314 e. The molecule has 0 heterocycles. The van der Waals surface area contributed by atoms with Gasteiger partial charge in [0.1, 0.15) is 0 Å². The quantitative estimate of drug-likeness (QED) is 0.581. The number of hydrogen-bond donors (Lipinski definition) is 2. The predicted octanol–water partition coefficient (Wildman–Crippen LogP) is 0.646. The molecule has 0 spiro atoms. The van der Waals surface area contributed by atoms with Crippen LogP contribution in [0.2, 0.25) is 0 Å². The Hall–Kier alpha value is 0.180. The molecule has 1 fully saturated rings. The van der Waals surface area contributed by atoms with Gasteiger partial charge in [-0.1, -0.05) is 6.92 Å². The van der Waals surface area contributed by atoms with Gasteiger partial charge in [-0.25, -0.2) is 4.72 Å². The van der Waals surface area contributed by atoms with E-state index >= 15 is 0 Å². The summed E-state index contributed by atoms with van der Waals surface area (Å²) in [6.45, 7) is 3.94. The second-order valence-corrected chi connectivity index (χ2v) is 7.94. The highest BCUT2D eigenvalue weighted by molar-refractivity contribution is 7.99. The summed E-state index contributed by atoms with van der Waals surface area (Å²) in [7, 11) is -1.68. The second-order valence-electron chi connectivity index (χ2n) is 4.80. The minimum atomic E-state index is -3.31. The molecule has 0 bridgehead atoms. The standard InChI is InChI=1S/C11H25N3O2S2/c1-10(17-3)9-13-18(15,16)14(2)8-4-7-12-11-5-6-11/h10-13H,4-9H2,1-3H3. The first kappa shape index (κ1) is 16.2. The Balaban J connectivity index is 2.17. The largest absolute Gasteiger partial charge is 0.314 e. The molecule has 108 valence electrons. The maximum atomic E-state index is 11.9. The Bertz CT molecular complexity index is 331. The summed E-state index contributed by atoms with van der Waals surface area (Å²) in [5.74, 6) is 0. The Labute approximate surface area is 115 Å². The van der Waals surface area contributed by atoms with E-state index in [4.69, 9.17) is 0 Å². The first-order valence-electron chi connectivity index (χ1n) is 6.43. The molecular weight excluding hydrogens is 270 g/mol. The number of thioether (sulfide) groups is 1. The zero-order valence-corrected chi connectivity index (χ0v) is 13.1. The maximum absolute atomic E-state index is 11.9. The summed E-state index contributed by atoms with van der Waals surface area (Å²) in [4.78, 5) is 0. The molecule has 1 saturated carbocycles. The molecule has 1 atom stereocenters. The van der Waals surface area contributed by atoms with Gasteiger partial charge in [0.2, 0.25) is 0 Å². The maximum Gasteiger partial charge on any atom is 0.279 e. The lowest BCUT2D eigenvalue weighted by atomic mass is 10.4. The summed E-state index contributed by atoms with van der Waals surface area (Å²) < 4.78 is 27.8. The van der Waals surface area contributed by atoms with Crippen molar-refractivity contribution < 1.29 is 8.42 Å². The van der Waals surface area contributed by atoms with E-state index in [1.807, 2.05) is 13.2 Å². The molecule has 1 aliphatic rings. The molecule has 5 nitrogen and oxygen atoms in total. The third kappa shape index (κ3) is 6.38. The van der Waals surface area contributed by atoms with Crippen molar-refractivity contribution in [3.05, 3.63) is 0 Å². The smallest absolute Gasteiger partial charge is 0.279 e. The molecule has 2 N–H and O–H groups in total. The van der Waals surface area contributed by atoms with Gasteiger partial charge in [0, 0.05) is 31.4 Å². The topological polar surface area (TPSA) is 61.4 Å². The molecule has 18 heavy (non-hydrogen) atoms. The fourth-order valence-corrected chi connectivity index (χ4v) is 2.84. The lowest BCUT2D eigenvalue weighted by molar-refractivity contribution is 0.444. The van der Waals surface area contributed by atoms with Crippen LogP contribution in [-0.2, 0) is 10.2 Å². The highest BCUT2D eigenvalue weighted by Crippen LogP contribution is 2.18. The van der Waals surface area contributed by atoms with Gasteiger partial charge < -0.3 is 5.32 Å². The zero-order chi connectivity index (χ0) is 13.6. The second kappa shape index (κ2) is 7.69. The van der Waals surface area contributed by atoms with Crippen LogP contribution >= 0.6 is 11.8 Å². The number of rotatable bonds is 10. The summed E-state index contributed by atoms with van der Waals surface area (Å²) in [5.41, 5.74) is 0. The van der Waals surface area contributed by atoms with Gasteiger partial charge in [0.15, 0.2) is 0 Å². The van der Waals surface area contributed by atoms with E-state index in [1.165, 1.54) is 17.1 Å². The van der Waals surface area contributed by atoms with Crippen molar-refractivity contribution in [1.82, 2.24) is 14.3 Å². The third-order valence-corrected chi connectivity index (χ3v) is 5.53. The Morgan fingerprint density at radius 3 is 2.67 bits per heavy atom. The summed E-state index contributed by atoms with van der Waals surface area (Å²) in [5, 5.41) is 3.67. The van der Waals surface area contributed by atoms with Gasteiger partial charge in [-0.15, -0.1) is 0 Å². The molecular formula is C11H25N3O2S2. The highest BCUT2D eigenvalue weighted by Gasteiger charge is 2.21. The normalized spacial score (nSPS) is 18.2. The van der Waals surface area contributed by atoms with Crippen molar-refractivity contribution in [2.75, 3.05) is 32.9 Å². The first-order valence-corrected chi connectivity index (χ1v) is 9.15. The van der Waals surface area contributed by atoms with Crippen molar-refractivity contribution >= 4 is 22.0 Å². The van der Waals surface area contributed by atoms with Crippen LogP contribution in [0.1, 0.15) is 26.2 Å². The van der Waals surface area contributed by atoms with Crippen molar-refractivity contribution in [2.24, 2.45) is 0 Å². The lowest BCUT2D eigenvalue weighted by Crippen LogP contribution is -2.41. The molecule has 0 amide bonds. The Morgan fingerprint density at radius 2 is 2.11 bits per heavy atom. The van der Waals surface area contributed by atoms with Crippen LogP contribution in [-0.4, -0.2) is 57.0 Å². The molecule has 7 heteroatoms. The van der Waals surface area contributed by atoms with Crippen LogP contribution in [0.15, 0.2) is 0 Å². The van der Waals surface area contributed by atoms with Gasteiger partial charge in [-0.05, 0) is 32.1 Å². The van der Waals surface area contributed by atoms with Crippen LogP contribution in [0.5, 0.6) is 0 Å². The molecule has 0 aromatic heterocycles. The minimum absolute atomic E-state index is 0.296.